The Morgan fingerprint density at radius 3 is 2.76 bits per heavy atom. The fraction of sp³-hybridized carbons (Fsp3) is 0.0909. The highest BCUT2D eigenvalue weighted by Gasteiger charge is 2.05. The highest BCUT2D eigenvalue weighted by Crippen LogP contribution is 2.32. The first-order valence-corrected chi connectivity index (χ1v) is 5.50. The number of benzene rings is 2. The monoisotopic (exact) mass is 252 g/mol. The summed E-state index contributed by atoms with van der Waals surface area (Å²) in [6.07, 6.45) is 0. The minimum absolute atomic E-state index is 0.586. The molecule has 0 heterocycles. The van der Waals surface area contributed by atoms with Crippen LogP contribution in [0.1, 0.15) is 0 Å². The van der Waals surface area contributed by atoms with Crippen LogP contribution in [0.3, 0.4) is 0 Å². The molecule has 0 saturated heterocycles. The highest BCUT2D eigenvalue weighted by atomic mass is 32.2. The summed E-state index contributed by atoms with van der Waals surface area (Å²) in [4.78, 5) is 0.748. The van der Waals surface area contributed by atoms with Crippen LogP contribution in [0.2, 0.25) is 0 Å². The summed E-state index contributed by atoms with van der Waals surface area (Å²) in [6, 6.07) is 9.13. The lowest BCUT2D eigenvalue weighted by atomic mass is 10.1. The molecule has 5 nitrogen and oxygen atoms in total. The van der Waals surface area contributed by atoms with Gasteiger partial charge in [-0.15, -0.1) is 0 Å². The van der Waals surface area contributed by atoms with Crippen molar-refractivity contribution in [1.82, 2.24) is 0 Å². The Kier molecular flexibility index (Phi) is 3.70. The SMILES string of the molecule is COc1ccc2cc(SOO[O-])ccc2c1N. The summed E-state index contributed by atoms with van der Waals surface area (Å²) in [5, 5.41) is 14.8. The van der Waals surface area contributed by atoms with Gasteiger partial charge in [-0.3, -0.25) is 5.04 Å². The predicted molar refractivity (Wildman–Crippen MR) is 62.9 cm³/mol. The van der Waals surface area contributed by atoms with Crippen LogP contribution < -0.4 is 15.7 Å². The smallest absolute Gasteiger partial charge is 0.142 e. The third-order valence-electron chi connectivity index (χ3n) is 2.37. The van der Waals surface area contributed by atoms with Crippen LogP contribution in [0.25, 0.3) is 10.8 Å². The van der Waals surface area contributed by atoms with E-state index in [1.54, 1.807) is 19.2 Å². The Balaban J connectivity index is 2.42. The van der Waals surface area contributed by atoms with Crippen LogP contribution in [-0.2, 0) is 9.37 Å². The van der Waals surface area contributed by atoms with Crippen LogP contribution in [0.5, 0.6) is 5.75 Å². The number of ether oxygens (including phenoxy) is 1. The predicted octanol–water partition coefficient (Wildman–Crippen LogP) is 1.66. The van der Waals surface area contributed by atoms with Gasteiger partial charge in [0.15, 0.2) is 0 Å². The van der Waals surface area contributed by atoms with E-state index in [9.17, 15) is 5.26 Å². The van der Waals surface area contributed by atoms with Crippen molar-refractivity contribution in [1.29, 1.82) is 0 Å². The zero-order valence-electron chi connectivity index (χ0n) is 9.01. The lowest BCUT2D eigenvalue weighted by Crippen LogP contribution is -2.00. The maximum atomic E-state index is 9.72. The quantitative estimate of drug-likeness (QED) is 0.386. The number of nitrogen functional groups attached to an aromatic ring is 1. The third-order valence-corrected chi connectivity index (χ3v) is 2.94. The van der Waals surface area contributed by atoms with Gasteiger partial charge in [0, 0.05) is 10.3 Å². The Bertz CT molecular complexity index is 532. The summed E-state index contributed by atoms with van der Waals surface area (Å²) >= 11 is 0.844. The molecule has 0 radical (unpaired) electrons. The zero-order valence-corrected chi connectivity index (χ0v) is 9.82. The molecule has 2 N–H and O–H groups in total. The molecule has 0 aliphatic carbocycles. The van der Waals surface area contributed by atoms with Gasteiger partial charge >= 0.3 is 0 Å². The average Bonchev–Trinajstić information content (AvgIpc) is 2.37. The molecular formula is C11H10NO4S-. The number of fused-ring (bicyclic) bond motifs is 1. The van der Waals surface area contributed by atoms with Gasteiger partial charge < -0.3 is 15.7 Å². The molecule has 0 aliphatic heterocycles. The zero-order chi connectivity index (χ0) is 12.3. The van der Waals surface area contributed by atoms with Crippen molar-refractivity contribution in [3.05, 3.63) is 30.3 Å². The lowest BCUT2D eigenvalue weighted by molar-refractivity contribution is -0.777. The molecule has 0 fully saturated rings. The number of anilines is 1. The van der Waals surface area contributed by atoms with Crippen molar-refractivity contribution < 1.29 is 19.4 Å². The minimum atomic E-state index is 0.586. The standard InChI is InChI=1S/C11H11NO4S/c1-14-10-5-2-7-6-8(17-16-15-13)3-4-9(7)11(10)12/h2-6,13H,12H2,1H3/p-1. The molecule has 0 atom stereocenters. The molecule has 0 aromatic heterocycles. The number of hydrogen-bond acceptors (Lipinski definition) is 6. The lowest BCUT2D eigenvalue weighted by Gasteiger charge is -2.09. The van der Waals surface area contributed by atoms with Gasteiger partial charge in [0.05, 0.1) is 24.8 Å². The van der Waals surface area contributed by atoms with E-state index < -0.39 is 0 Å². The van der Waals surface area contributed by atoms with E-state index >= 15 is 0 Å². The summed E-state index contributed by atoms with van der Waals surface area (Å²) in [5.74, 6) is 0.636. The maximum absolute atomic E-state index is 9.72. The molecule has 0 spiro atoms. The van der Waals surface area contributed by atoms with Crippen molar-refractivity contribution >= 4 is 28.5 Å². The summed E-state index contributed by atoms with van der Waals surface area (Å²) < 4.78 is 9.38. The molecule has 0 aliphatic rings. The molecule has 17 heavy (non-hydrogen) atoms. The number of hydrogen-bond donors (Lipinski definition) is 1. The normalized spacial score (nSPS) is 10.7. The van der Waals surface area contributed by atoms with Crippen molar-refractivity contribution in [2.24, 2.45) is 0 Å². The molecule has 2 rings (SSSR count). The summed E-state index contributed by atoms with van der Waals surface area (Å²) in [5.41, 5.74) is 6.53. The number of rotatable bonds is 4. The molecule has 2 aromatic rings. The number of nitrogens with two attached hydrogens (primary N) is 1. The molecule has 6 heteroatoms. The first-order chi connectivity index (χ1) is 8.26. The minimum Gasteiger partial charge on any atom is -0.691 e. The molecule has 0 bridgehead atoms. The van der Waals surface area contributed by atoms with Crippen LogP contribution >= 0.6 is 12.0 Å². The van der Waals surface area contributed by atoms with E-state index in [1.807, 2.05) is 18.2 Å². The van der Waals surface area contributed by atoms with E-state index in [4.69, 9.17) is 10.5 Å². The molecule has 0 saturated carbocycles. The topological polar surface area (TPSA) is 76.8 Å². The summed E-state index contributed by atoms with van der Waals surface area (Å²) in [7, 11) is 1.57. The second kappa shape index (κ2) is 5.24. The fourth-order valence-electron chi connectivity index (χ4n) is 1.59. The first kappa shape index (κ1) is 12.0. The van der Waals surface area contributed by atoms with E-state index in [2.05, 4.69) is 9.37 Å². The van der Waals surface area contributed by atoms with E-state index in [0.717, 1.165) is 27.7 Å². The second-order valence-electron chi connectivity index (χ2n) is 3.28. The molecule has 0 unspecified atom stereocenters. The molecule has 90 valence electrons. The van der Waals surface area contributed by atoms with Crippen molar-refractivity contribution in [3.8, 4) is 5.75 Å². The van der Waals surface area contributed by atoms with Gasteiger partial charge in [-0.05, 0) is 23.6 Å². The highest BCUT2D eigenvalue weighted by molar-refractivity contribution is 7.94. The Morgan fingerprint density at radius 1 is 1.24 bits per heavy atom. The second-order valence-corrected chi connectivity index (χ2v) is 4.06. The van der Waals surface area contributed by atoms with Gasteiger partial charge in [-0.2, -0.15) is 4.33 Å². The van der Waals surface area contributed by atoms with Crippen molar-refractivity contribution in [2.45, 2.75) is 4.90 Å². The first-order valence-electron chi connectivity index (χ1n) is 4.75. The van der Waals surface area contributed by atoms with Crippen LogP contribution in [0.4, 0.5) is 5.69 Å². The maximum Gasteiger partial charge on any atom is 0.142 e. The molecular weight excluding hydrogens is 242 g/mol. The van der Waals surface area contributed by atoms with E-state index in [1.165, 1.54) is 0 Å². The van der Waals surface area contributed by atoms with Gasteiger partial charge in [-0.25, -0.2) is 0 Å². The average molecular weight is 252 g/mol. The Labute approximate surface area is 102 Å². The van der Waals surface area contributed by atoms with Crippen LogP contribution in [-0.4, -0.2) is 7.11 Å². The number of methoxy groups -OCH3 is 1. The van der Waals surface area contributed by atoms with Gasteiger partial charge in [-0.1, -0.05) is 12.1 Å². The van der Waals surface area contributed by atoms with Crippen molar-refractivity contribution in [2.75, 3.05) is 12.8 Å². The summed E-state index contributed by atoms with van der Waals surface area (Å²) in [6.45, 7) is 0. The fourth-order valence-corrected chi connectivity index (χ4v) is 2.00. The third kappa shape index (κ3) is 2.45. The van der Waals surface area contributed by atoms with Gasteiger partial charge in [0.1, 0.15) is 5.75 Å². The van der Waals surface area contributed by atoms with Gasteiger partial charge in [0.25, 0.3) is 0 Å². The largest absolute Gasteiger partial charge is 0.691 e. The van der Waals surface area contributed by atoms with Gasteiger partial charge in [0.2, 0.25) is 0 Å². The van der Waals surface area contributed by atoms with Crippen molar-refractivity contribution in [3.63, 3.8) is 0 Å². The Hall–Kier alpha value is -1.47. The van der Waals surface area contributed by atoms with E-state index in [-0.39, 0.29) is 0 Å². The van der Waals surface area contributed by atoms with Crippen LogP contribution in [0.15, 0.2) is 35.2 Å². The Morgan fingerprint density at radius 2 is 2.06 bits per heavy atom. The molecule has 2 aromatic carbocycles. The molecule has 0 amide bonds. The van der Waals surface area contributed by atoms with Crippen LogP contribution in [0, 0.1) is 0 Å². The van der Waals surface area contributed by atoms with E-state index in [0.29, 0.717) is 11.4 Å².